The van der Waals surface area contributed by atoms with Gasteiger partial charge in [0.05, 0.1) is 0 Å². The second kappa shape index (κ2) is 5.36. The molecule has 1 atom stereocenters. The number of halogens is 2. The zero-order valence-corrected chi connectivity index (χ0v) is 5.79. The summed E-state index contributed by atoms with van der Waals surface area (Å²) in [7, 11) is 0. The fraction of sp³-hybridized carbons (Fsp3) is 0.833. The minimum absolute atomic E-state index is 0.528. The Hall–Kier alpha value is 0.220. The molecular formula is C6H11ClF. The van der Waals surface area contributed by atoms with Gasteiger partial charge in [-0.3, -0.25) is 0 Å². The second-order valence-electron chi connectivity index (χ2n) is 1.64. The van der Waals surface area contributed by atoms with Crippen LogP contribution in [0.1, 0.15) is 19.8 Å². The van der Waals surface area contributed by atoms with Crippen molar-refractivity contribution in [3.05, 3.63) is 6.42 Å². The lowest BCUT2D eigenvalue weighted by molar-refractivity contribution is 0.361. The van der Waals surface area contributed by atoms with Crippen molar-refractivity contribution in [2.45, 2.75) is 25.9 Å². The SMILES string of the molecule is CCC(F)[CH]CCCl. The largest absolute Gasteiger partial charge is 0.247 e. The predicted molar refractivity (Wildman–Crippen MR) is 34.8 cm³/mol. The first-order valence-corrected chi connectivity index (χ1v) is 3.38. The fourth-order valence-corrected chi connectivity index (χ4v) is 0.536. The van der Waals surface area contributed by atoms with E-state index in [1.54, 1.807) is 6.42 Å². The minimum Gasteiger partial charge on any atom is -0.247 e. The first-order chi connectivity index (χ1) is 3.81. The molecule has 0 saturated heterocycles. The predicted octanol–water partition coefficient (Wildman–Crippen LogP) is 2.57. The van der Waals surface area contributed by atoms with Crippen molar-refractivity contribution >= 4 is 11.6 Å². The van der Waals surface area contributed by atoms with Gasteiger partial charge in [0.15, 0.2) is 0 Å². The first-order valence-electron chi connectivity index (χ1n) is 2.84. The zero-order chi connectivity index (χ0) is 6.41. The van der Waals surface area contributed by atoms with Gasteiger partial charge in [0.25, 0.3) is 0 Å². The van der Waals surface area contributed by atoms with E-state index in [0.29, 0.717) is 18.7 Å². The molecule has 0 heterocycles. The number of alkyl halides is 2. The van der Waals surface area contributed by atoms with Crippen LogP contribution in [0.15, 0.2) is 0 Å². The summed E-state index contributed by atoms with van der Waals surface area (Å²) in [5.74, 6) is 0.528. The number of rotatable bonds is 4. The molecule has 0 amide bonds. The maximum absolute atomic E-state index is 12.2. The molecule has 2 heteroatoms. The van der Waals surface area contributed by atoms with E-state index in [4.69, 9.17) is 11.6 Å². The van der Waals surface area contributed by atoms with Gasteiger partial charge >= 0.3 is 0 Å². The highest BCUT2D eigenvalue weighted by molar-refractivity contribution is 6.17. The normalized spacial score (nSPS) is 13.9. The van der Waals surface area contributed by atoms with E-state index in [1.807, 2.05) is 6.92 Å². The van der Waals surface area contributed by atoms with E-state index in [0.717, 1.165) is 0 Å². The van der Waals surface area contributed by atoms with Crippen LogP contribution in [0.3, 0.4) is 0 Å². The average Bonchev–Trinajstić information content (AvgIpc) is 1.83. The Balaban J connectivity index is 2.86. The van der Waals surface area contributed by atoms with Gasteiger partial charge in [0, 0.05) is 5.88 Å². The number of hydrogen-bond donors (Lipinski definition) is 0. The molecule has 0 aromatic carbocycles. The monoisotopic (exact) mass is 137 g/mol. The van der Waals surface area contributed by atoms with E-state index < -0.39 is 6.17 Å². The van der Waals surface area contributed by atoms with Gasteiger partial charge in [-0.2, -0.15) is 0 Å². The van der Waals surface area contributed by atoms with E-state index in [-0.39, 0.29) is 0 Å². The molecule has 0 aromatic heterocycles. The third kappa shape index (κ3) is 4.38. The van der Waals surface area contributed by atoms with Gasteiger partial charge in [-0.1, -0.05) is 6.92 Å². The van der Waals surface area contributed by atoms with Gasteiger partial charge in [0.1, 0.15) is 6.17 Å². The van der Waals surface area contributed by atoms with Crippen LogP contribution in [0.4, 0.5) is 4.39 Å². The Kier molecular flexibility index (Phi) is 5.51. The van der Waals surface area contributed by atoms with E-state index >= 15 is 0 Å². The van der Waals surface area contributed by atoms with Gasteiger partial charge in [-0.25, -0.2) is 4.39 Å². The Bertz CT molecular complexity index is 47.8. The molecule has 1 radical (unpaired) electrons. The molecule has 0 bridgehead atoms. The quantitative estimate of drug-likeness (QED) is 0.523. The van der Waals surface area contributed by atoms with Crippen LogP contribution < -0.4 is 0 Å². The first kappa shape index (κ1) is 8.22. The van der Waals surface area contributed by atoms with E-state index in [1.165, 1.54) is 0 Å². The Morgan fingerprint density at radius 3 is 2.75 bits per heavy atom. The summed E-state index contributed by atoms with van der Waals surface area (Å²) >= 11 is 5.30. The van der Waals surface area contributed by atoms with Crippen LogP contribution in [0.2, 0.25) is 0 Å². The Labute approximate surface area is 55.0 Å². The maximum atomic E-state index is 12.2. The Morgan fingerprint density at radius 1 is 1.75 bits per heavy atom. The molecule has 0 aliphatic rings. The van der Waals surface area contributed by atoms with Crippen molar-refractivity contribution in [1.82, 2.24) is 0 Å². The highest BCUT2D eigenvalue weighted by Crippen LogP contribution is 2.04. The molecule has 0 fully saturated rings. The van der Waals surface area contributed by atoms with Crippen molar-refractivity contribution in [3.8, 4) is 0 Å². The molecule has 0 N–H and O–H groups in total. The van der Waals surface area contributed by atoms with Crippen LogP contribution in [0.5, 0.6) is 0 Å². The fourth-order valence-electron chi connectivity index (χ4n) is 0.411. The maximum Gasteiger partial charge on any atom is 0.103 e. The van der Waals surface area contributed by atoms with E-state index in [2.05, 4.69) is 0 Å². The average molecular weight is 138 g/mol. The molecular weight excluding hydrogens is 127 g/mol. The molecule has 0 aliphatic heterocycles. The molecule has 0 aliphatic carbocycles. The molecule has 8 heavy (non-hydrogen) atoms. The smallest absolute Gasteiger partial charge is 0.103 e. The second-order valence-corrected chi connectivity index (χ2v) is 2.02. The third-order valence-electron chi connectivity index (χ3n) is 0.922. The standard InChI is InChI=1S/C6H11ClF/c1-2-6(8)4-3-5-7/h4,6H,2-3,5H2,1H3. The topological polar surface area (TPSA) is 0 Å². The van der Waals surface area contributed by atoms with Gasteiger partial charge < -0.3 is 0 Å². The van der Waals surface area contributed by atoms with Crippen molar-refractivity contribution < 1.29 is 4.39 Å². The molecule has 0 spiro atoms. The van der Waals surface area contributed by atoms with Gasteiger partial charge in [-0.05, 0) is 19.3 Å². The van der Waals surface area contributed by atoms with Crippen LogP contribution >= 0.6 is 11.6 Å². The highest BCUT2D eigenvalue weighted by Gasteiger charge is 2.00. The van der Waals surface area contributed by atoms with Gasteiger partial charge in [0.2, 0.25) is 0 Å². The third-order valence-corrected chi connectivity index (χ3v) is 1.14. The zero-order valence-electron chi connectivity index (χ0n) is 5.03. The summed E-state index contributed by atoms with van der Waals surface area (Å²) in [5, 5.41) is 0. The van der Waals surface area contributed by atoms with Crippen LogP contribution in [-0.4, -0.2) is 12.1 Å². The lowest BCUT2D eigenvalue weighted by Crippen LogP contribution is -1.97. The van der Waals surface area contributed by atoms with Crippen molar-refractivity contribution in [3.63, 3.8) is 0 Å². The Morgan fingerprint density at radius 2 is 2.38 bits per heavy atom. The van der Waals surface area contributed by atoms with Crippen LogP contribution in [0.25, 0.3) is 0 Å². The summed E-state index contributed by atoms with van der Waals surface area (Å²) in [5.41, 5.74) is 0. The highest BCUT2D eigenvalue weighted by atomic mass is 35.5. The number of hydrogen-bond acceptors (Lipinski definition) is 0. The molecule has 0 aromatic rings. The van der Waals surface area contributed by atoms with Gasteiger partial charge in [-0.15, -0.1) is 11.6 Å². The van der Waals surface area contributed by atoms with Crippen LogP contribution in [0, 0.1) is 6.42 Å². The van der Waals surface area contributed by atoms with Crippen molar-refractivity contribution in [1.29, 1.82) is 0 Å². The molecule has 0 saturated carbocycles. The van der Waals surface area contributed by atoms with Crippen molar-refractivity contribution in [2.24, 2.45) is 0 Å². The molecule has 0 rings (SSSR count). The summed E-state index contributed by atoms with van der Waals surface area (Å²) in [6.07, 6.45) is 2.09. The summed E-state index contributed by atoms with van der Waals surface area (Å²) in [6.45, 7) is 1.81. The molecule has 49 valence electrons. The summed E-state index contributed by atoms with van der Waals surface area (Å²) in [6, 6.07) is 0. The van der Waals surface area contributed by atoms with Crippen LogP contribution in [-0.2, 0) is 0 Å². The molecule has 0 nitrogen and oxygen atoms in total. The molecule has 1 unspecified atom stereocenters. The lowest BCUT2D eigenvalue weighted by atomic mass is 10.2. The summed E-state index contributed by atoms with van der Waals surface area (Å²) < 4.78 is 12.2. The van der Waals surface area contributed by atoms with Crippen molar-refractivity contribution in [2.75, 3.05) is 5.88 Å². The summed E-state index contributed by atoms with van der Waals surface area (Å²) in [4.78, 5) is 0. The lowest BCUT2D eigenvalue weighted by Gasteiger charge is -1.99. The minimum atomic E-state index is -0.756. The van der Waals surface area contributed by atoms with E-state index in [9.17, 15) is 4.39 Å².